The zero-order valence-electron chi connectivity index (χ0n) is 11.2. The molecule has 2 aromatic carbocycles. The molecule has 0 unspecified atom stereocenters. The predicted molar refractivity (Wildman–Crippen MR) is 82.1 cm³/mol. The number of hydrogen-bond donors (Lipinski definition) is 2. The van der Waals surface area contributed by atoms with Crippen molar-refractivity contribution >= 4 is 34.1 Å². The summed E-state index contributed by atoms with van der Waals surface area (Å²) in [6.07, 6.45) is 1.68. The van der Waals surface area contributed by atoms with E-state index >= 15 is 0 Å². The van der Waals surface area contributed by atoms with Gasteiger partial charge in [0, 0.05) is 11.5 Å². The number of carbonyl (C=O) groups excluding carboxylic acids is 1. The summed E-state index contributed by atoms with van der Waals surface area (Å²) >= 11 is 6.03. The second-order valence-electron chi connectivity index (χ2n) is 4.44. The van der Waals surface area contributed by atoms with Gasteiger partial charge in [-0.2, -0.15) is 5.10 Å². The Kier molecular flexibility index (Phi) is 3.50. The average Bonchev–Trinajstić information content (AvgIpc) is 2.93. The molecule has 0 aliphatic carbocycles. The van der Waals surface area contributed by atoms with E-state index < -0.39 is 0 Å². The van der Waals surface area contributed by atoms with Gasteiger partial charge in [-0.25, -0.2) is 0 Å². The van der Waals surface area contributed by atoms with Gasteiger partial charge in [0.15, 0.2) is 0 Å². The van der Waals surface area contributed by atoms with E-state index in [2.05, 4.69) is 15.5 Å². The van der Waals surface area contributed by atoms with Gasteiger partial charge < -0.3 is 10.1 Å². The van der Waals surface area contributed by atoms with Gasteiger partial charge in [0.25, 0.3) is 5.91 Å². The van der Waals surface area contributed by atoms with Crippen LogP contribution in [0.2, 0.25) is 5.02 Å². The summed E-state index contributed by atoms with van der Waals surface area (Å²) in [4.78, 5) is 12.3. The van der Waals surface area contributed by atoms with Crippen molar-refractivity contribution in [3.8, 4) is 5.75 Å². The second-order valence-corrected chi connectivity index (χ2v) is 4.85. The number of hydrogen-bond acceptors (Lipinski definition) is 3. The highest BCUT2D eigenvalue weighted by molar-refractivity contribution is 6.34. The number of amides is 1. The maximum atomic E-state index is 12.3. The molecule has 21 heavy (non-hydrogen) atoms. The lowest BCUT2D eigenvalue weighted by molar-refractivity contribution is 0.102. The smallest absolute Gasteiger partial charge is 0.257 e. The number of aromatic nitrogens is 2. The van der Waals surface area contributed by atoms with Crippen LogP contribution < -0.4 is 10.1 Å². The fourth-order valence-electron chi connectivity index (χ4n) is 2.07. The molecule has 0 saturated carbocycles. The zero-order chi connectivity index (χ0) is 14.8. The summed E-state index contributed by atoms with van der Waals surface area (Å²) in [5.41, 5.74) is 1.81. The lowest BCUT2D eigenvalue weighted by Gasteiger charge is -2.11. The molecular weight excluding hydrogens is 290 g/mol. The molecule has 1 heterocycles. The number of nitrogens with zero attached hydrogens (tertiary/aromatic N) is 1. The fraction of sp³-hybridized carbons (Fsp3) is 0.0667. The number of halogens is 1. The average molecular weight is 302 g/mol. The third-order valence-electron chi connectivity index (χ3n) is 3.13. The van der Waals surface area contributed by atoms with Crippen molar-refractivity contribution in [2.24, 2.45) is 0 Å². The van der Waals surface area contributed by atoms with Gasteiger partial charge in [-0.05, 0) is 18.2 Å². The minimum absolute atomic E-state index is 0.290. The van der Waals surface area contributed by atoms with Crippen molar-refractivity contribution in [2.45, 2.75) is 0 Å². The second kappa shape index (κ2) is 5.46. The van der Waals surface area contributed by atoms with Crippen LogP contribution in [-0.4, -0.2) is 23.2 Å². The highest BCUT2D eigenvalue weighted by atomic mass is 35.5. The van der Waals surface area contributed by atoms with Gasteiger partial charge >= 0.3 is 0 Å². The SMILES string of the molecule is COc1cc2[nH]ncc2cc1NC(=O)c1ccccc1Cl. The molecule has 0 spiro atoms. The van der Waals surface area contributed by atoms with E-state index in [9.17, 15) is 4.79 Å². The van der Waals surface area contributed by atoms with E-state index in [4.69, 9.17) is 16.3 Å². The van der Waals surface area contributed by atoms with Crippen LogP contribution in [0.3, 0.4) is 0 Å². The number of ether oxygens (including phenoxy) is 1. The highest BCUT2D eigenvalue weighted by Crippen LogP contribution is 2.30. The molecule has 0 bridgehead atoms. The molecular formula is C15H12ClN3O2. The molecule has 0 fully saturated rings. The number of rotatable bonds is 3. The summed E-state index contributed by atoms with van der Waals surface area (Å²) < 4.78 is 5.29. The molecule has 3 aromatic rings. The number of nitrogens with one attached hydrogen (secondary N) is 2. The monoisotopic (exact) mass is 301 g/mol. The molecule has 5 nitrogen and oxygen atoms in total. The fourth-order valence-corrected chi connectivity index (χ4v) is 2.29. The molecule has 0 aliphatic heterocycles. The van der Waals surface area contributed by atoms with E-state index in [0.717, 1.165) is 10.9 Å². The molecule has 1 aromatic heterocycles. The molecule has 106 valence electrons. The van der Waals surface area contributed by atoms with Gasteiger partial charge in [0.2, 0.25) is 0 Å². The van der Waals surface area contributed by atoms with E-state index in [-0.39, 0.29) is 5.91 Å². The highest BCUT2D eigenvalue weighted by Gasteiger charge is 2.13. The van der Waals surface area contributed by atoms with Gasteiger partial charge in [0.1, 0.15) is 5.75 Å². The third kappa shape index (κ3) is 2.55. The van der Waals surface area contributed by atoms with Crippen molar-refractivity contribution in [1.82, 2.24) is 10.2 Å². The van der Waals surface area contributed by atoms with Gasteiger partial charge in [0.05, 0.1) is 35.1 Å². The number of benzene rings is 2. The minimum Gasteiger partial charge on any atom is -0.494 e. The number of H-pyrrole nitrogens is 1. The van der Waals surface area contributed by atoms with Crippen LogP contribution in [0.15, 0.2) is 42.6 Å². The van der Waals surface area contributed by atoms with Crippen LogP contribution in [-0.2, 0) is 0 Å². The minimum atomic E-state index is -0.290. The number of aromatic amines is 1. The Morgan fingerprint density at radius 2 is 2.14 bits per heavy atom. The quantitative estimate of drug-likeness (QED) is 0.778. The van der Waals surface area contributed by atoms with E-state index in [1.54, 1.807) is 49.7 Å². The largest absolute Gasteiger partial charge is 0.494 e. The lowest BCUT2D eigenvalue weighted by Crippen LogP contribution is -2.13. The third-order valence-corrected chi connectivity index (χ3v) is 3.46. The first kappa shape index (κ1) is 13.5. The van der Waals surface area contributed by atoms with Gasteiger partial charge in [-0.3, -0.25) is 9.89 Å². The van der Waals surface area contributed by atoms with E-state index in [1.165, 1.54) is 0 Å². The van der Waals surface area contributed by atoms with Crippen LogP contribution in [0.25, 0.3) is 10.9 Å². The maximum Gasteiger partial charge on any atom is 0.257 e. The number of carbonyl (C=O) groups is 1. The van der Waals surface area contributed by atoms with Crippen LogP contribution in [0.1, 0.15) is 10.4 Å². The van der Waals surface area contributed by atoms with Crippen LogP contribution in [0, 0.1) is 0 Å². The summed E-state index contributed by atoms with van der Waals surface area (Å²) in [6.45, 7) is 0. The lowest BCUT2D eigenvalue weighted by atomic mass is 10.2. The number of methoxy groups -OCH3 is 1. The van der Waals surface area contributed by atoms with Gasteiger partial charge in [-0.1, -0.05) is 23.7 Å². The molecule has 1 amide bonds. The van der Waals surface area contributed by atoms with Crippen molar-refractivity contribution in [1.29, 1.82) is 0 Å². The molecule has 0 atom stereocenters. The van der Waals surface area contributed by atoms with E-state index in [0.29, 0.717) is 22.0 Å². The summed E-state index contributed by atoms with van der Waals surface area (Å²) in [7, 11) is 1.54. The van der Waals surface area contributed by atoms with Crippen LogP contribution >= 0.6 is 11.6 Å². The Morgan fingerprint density at radius 1 is 1.33 bits per heavy atom. The molecule has 6 heteroatoms. The molecule has 2 N–H and O–H groups in total. The molecule has 3 rings (SSSR count). The Morgan fingerprint density at radius 3 is 2.90 bits per heavy atom. The standard InChI is InChI=1S/C15H12ClN3O2/c1-21-14-7-12-9(8-17-19-12)6-13(14)18-15(20)10-4-2-3-5-11(10)16/h2-8H,1H3,(H,17,19)(H,18,20). The number of anilines is 1. The zero-order valence-corrected chi connectivity index (χ0v) is 11.9. The Labute approximate surface area is 125 Å². The summed E-state index contributed by atoms with van der Waals surface area (Å²) in [5.74, 6) is 0.258. The molecule has 0 aliphatic rings. The first-order valence-corrected chi connectivity index (χ1v) is 6.64. The normalized spacial score (nSPS) is 10.6. The van der Waals surface area contributed by atoms with Crippen molar-refractivity contribution < 1.29 is 9.53 Å². The van der Waals surface area contributed by atoms with Crippen molar-refractivity contribution in [2.75, 3.05) is 12.4 Å². The van der Waals surface area contributed by atoms with Crippen LogP contribution in [0.5, 0.6) is 5.75 Å². The summed E-state index contributed by atoms with van der Waals surface area (Å²) in [6, 6.07) is 10.5. The Hall–Kier alpha value is -2.53. The van der Waals surface area contributed by atoms with Crippen molar-refractivity contribution in [3.63, 3.8) is 0 Å². The Balaban J connectivity index is 1.97. The maximum absolute atomic E-state index is 12.3. The topological polar surface area (TPSA) is 67.0 Å². The Bertz CT molecular complexity index is 814. The van der Waals surface area contributed by atoms with Crippen LogP contribution in [0.4, 0.5) is 5.69 Å². The molecule has 0 saturated heterocycles. The van der Waals surface area contributed by atoms with Gasteiger partial charge in [-0.15, -0.1) is 0 Å². The van der Waals surface area contributed by atoms with Crippen molar-refractivity contribution in [3.05, 3.63) is 53.2 Å². The first-order valence-electron chi connectivity index (χ1n) is 6.26. The molecule has 0 radical (unpaired) electrons. The van der Waals surface area contributed by atoms with E-state index in [1.807, 2.05) is 0 Å². The number of fused-ring (bicyclic) bond motifs is 1. The first-order chi connectivity index (χ1) is 10.2. The predicted octanol–water partition coefficient (Wildman–Crippen LogP) is 3.48. The summed E-state index contributed by atoms with van der Waals surface area (Å²) in [5, 5.41) is 10.9.